The van der Waals surface area contributed by atoms with E-state index in [9.17, 15) is 4.79 Å². The Labute approximate surface area is 121 Å². The van der Waals surface area contributed by atoms with Crippen LogP contribution in [0, 0.1) is 0 Å². The second-order valence-electron chi connectivity index (χ2n) is 4.79. The maximum Gasteiger partial charge on any atom is 0.222 e. The normalized spacial score (nSPS) is 18.0. The van der Waals surface area contributed by atoms with Gasteiger partial charge >= 0.3 is 0 Å². The summed E-state index contributed by atoms with van der Waals surface area (Å²) in [4.78, 5) is 16.1. The number of hydrogen-bond donors (Lipinski definition) is 3. The lowest BCUT2D eigenvalue weighted by Gasteiger charge is -2.13. The highest BCUT2D eigenvalue weighted by atomic mass is 32.1. The van der Waals surface area contributed by atoms with Crippen LogP contribution in [-0.2, 0) is 4.79 Å². The SMILES string of the molecule is NC(=S)c1cc(NC2CNC(=O)C2)nc2ccccc12. The van der Waals surface area contributed by atoms with Crippen molar-refractivity contribution < 1.29 is 4.79 Å². The fourth-order valence-corrected chi connectivity index (χ4v) is 2.54. The summed E-state index contributed by atoms with van der Waals surface area (Å²) in [6.45, 7) is 0.607. The van der Waals surface area contributed by atoms with Crippen LogP contribution in [0.15, 0.2) is 30.3 Å². The molecule has 1 saturated heterocycles. The van der Waals surface area contributed by atoms with Gasteiger partial charge in [-0.2, -0.15) is 0 Å². The van der Waals surface area contributed by atoms with Crippen LogP contribution in [0.2, 0.25) is 0 Å². The van der Waals surface area contributed by atoms with E-state index in [4.69, 9.17) is 18.0 Å². The Morgan fingerprint density at radius 2 is 2.25 bits per heavy atom. The Kier molecular flexibility index (Phi) is 3.23. The van der Waals surface area contributed by atoms with Gasteiger partial charge in [0, 0.05) is 23.9 Å². The van der Waals surface area contributed by atoms with Gasteiger partial charge in [0.25, 0.3) is 0 Å². The molecule has 0 radical (unpaired) electrons. The van der Waals surface area contributed by atoms with Crippen molar-refractivity contribution in [1.29, 1.82) is 0 Å². The molecule has 0 saturated carbocycles. The van der Waals surface area contributed by atoms with Crippen LogP contribution < -0.4 is 16.4 Å². The predicted molar refractivity (Wildman–Crippen MR) is 82.7 cm³/mol. The van der Waals surface area contributed by atoms with Crippen LogP contribution in [0.25, 0.3) is 10.9 Å². The van der Waals surface area contributed by atoms with Crippen molar-refractivity contribution in [2.75, 3.05) is 11.9 Å². The molecule has 2 aromatic rings. The number of carbonyl (C=O) groups is 1. The number of carbonyl (C=O) groups excluding carboxylic acids is 1. The first-order chi connectivity index (χ1) is 9.63. The number of pyridine rings is 1. The molecule has 1 aliphatic rings. The zero-order valence-electron chi connectivity index (χ0n) is 10.7. The molecule has 0 aliphatic carbocycles. The Morgan fingerprint density at radius 3 is 2.95 bits per heavy atom. The molecule has 0 spiro atoms. The van der Waals surface area contributed by atoms with Crippen molar-refractivity contribution in [3.05, 3.63) is 35.9 Å². The quantitative estimate of drug-likeness (QED) is 0.738. The molecular formula is C14H14N4OS. The van der Waals surface area contributed by atoms with Gasteiger partial charge in [0.2, 0.25) is 5.91 Å². The average molecular weight is 286 g/mol. The summed E-state index contributed by atoms with van der Waals surface area (Å²) in [5, 5.41) is 6.97. The minimum atomic E-state index is 0.0513. The molecule has 6 heteroatoms. The van der Waals surface area contributed by atoms with E-state index < -0.39 is 0 Å². The first kappa shape index (κ1) is 12.8. The monoisotopic (exact) mass is 286 g/mol. The van der Waals surface area contributed by atoms with Gasteiger partial charge in [0.05, 0.1) is 11.6 Å². The summed E-state index contributed by atoms with van der Waals surface area (Å²) in [5.74, 6) is 0.742. The average Bonchev–Trinajstić information content (AvgIpc) is 2.83. The highest BCUT2D eigenvalue weighted by Crippen LogP contribution is 2.21. The molecule has 1 fully saturated rings. The number of anilines is 1. The van der Waals surface area contributed by atoms with Gasteiger partial charge < -0.3 is 16.4 Å². The Morgan fingerprint density at radius 1 is 1.45 bits per heavy atom. The number of amides is 1. The van der Waals surface area contributed by atoms with Gasteiger partial charge in [-0.1, -0.05) is 30.4 Å². The van der Waals surface area contributed by atoms with E-state index in [0.29, 0.717) is 23.8 Å². The highest BCUT2D eigenvalue weighted by molar-refractivity contribution is 7.80. The van der Waals surface area contributed by atoms with Crippen molar-refractivity contribution in [3.63, 3.8) is 0 Å². The van der Waals surface area contributed by atoms with E-state index in [2.05, 4.69) is 15.6 Å². The van der Waals surface area contributed by atoms with E-state index >= 15 is 0 Å². The van der Waals surface area contributed by atoms with Crippen molar-refractivity contribution >= 4 is 39.8 Å². The number of hydrogen-bond acceptors (Lipinski definition) is 4. The maximum atomic E-state index is 11.2. The lowest BCUT2D eigenvalue weighted by molar-refractivity contribution is -0.119. The van der Waals surface area contributed by atoms with Gasteiger partial charge in [0.1, 0.15) is 10.8 Å². The summed E-state index contributed by atoms with van der Waals surface area (Å²) < 4.78 is 0. The van der Waals surface area contributed by atoms with Gasteiger partial charge in [-0.05, 0) is 12.1 Å². The molecule has 1 atom stereocenters. The molecule has 3 rings (SSSR count). The van der Waals surface area contributed by atoms with E-state index in [1.807, 2.05) is 30.3 Å². The molecule has 1 aliphatic heterocycles. The second-order valence-corrected chi connectivity index (χ2v) is 5.23. The van der Waals surface area contributed by atoms with Crippen molar-refractivity contribution in [2.45, 2.75) is 12.5 Å². The summed E-state index contributed by atoms with van der Waals surface area (Å²) >= 11 is 5.11. The van der Waals surface area contributed by atoms with E-state index in [0.717, 1.165) is 16.5 Å². The second kappa shape index (κ2) is 5.05. The third-order valence-corrected chi connectivity index (χ3v) is 3.53. The van der Waals surface area contributed by atoms with Crippen LogP contribution in [0.1, 0.15) is 12.0 Å². The molecule has 1 aromatic heterocycles. The molecule has 4 N–H and O–H groups in total. The molecule has 1 amide bonds. The number of rotatable bonds is 3. The van der Waals surface area contributed by atoms with Gasteiger partial charge in [-0.3, -0.25) is 4.79 Å². The summed E-state index contributed by atoms with van der Waals surface area (Å²) in [6, 6.07) is 9.60. The van der Waals surface area contributed by atoms with Crippen molar-refractivity contribution in [1.82, 2.24) is 10.3 Å². The summed E-state index contributed by atoms with van der Waals surface area (Å²) in [6.07, 6.45) is 0.455. The third-order valence-electron chi connectivity index (χ3n) is 3.31. The fourth-order valence-electron chi connectivity index (χ4n) is 2.37. The number of nitrogens with one attached hydrogen (secondary N) is 2. The van der Waals surface area contributed by atoms with E-state index in [1.54, 1.807) is 0 Å². The zero-order valence-corrected chi connectivity index (χ0v) is 11.5. The van der Waals surface area contributed by atoms with Crippen LogP contribution in [-0.4, -0.2) is 28.5 Å². The molecule has 0 bridgehead atoms. The molecule has 5 nitrogen and oxygen atoms in total. The molecule has 1 unspecified atom stereocenters. The van der Waals surface area contributed by atoms with Crippen molar-refractivity contribution in [2.24, 2.45) is 5.73 Å². The predicted octanol–water partition coefficient (Wildman–Crippen LogP) is 1.17. The summed E-state index contributed by atoms with van der Waals surface area (Å²) in [5.41, 5.74) is 7.42. The number of nitrogens with zero attached hydrogens (tertiary/aromatic N) is 1. The maximum absolute atomic E-state index is 11.2. The number of benzene rings is 1. The van der Waals surface area contributed by atoms with Crippen LogP contribution >= 0.6 is 12.2 Å². The smallest absolute Gasteiger partial charge is 0.222 e. The summed E-state index contributed by atoms with van der Waals surface area (Å²) in [7, 11) is 0. The van der Waals surface area contributed by atoms with Gasteiger partial charge in [0.15, 0.2) is 0 Å². The standard InChI is InChI=1S/C14H14N4OS/c15-14(20)10-6-12(17-8-5-13(19)16-7-8)18-11-4-2-1-3-9(10)11/h1-4,6,8H,5,7H2,(H2,15,20)(H,16,19)(H,17,18). The first-order valence-electron chi connectivity index (χ1n) is 6.36. The first-order valence-corrected chi connectivity index (χ1v) is 6.77. The lowest BCUT2D eigenvalue weighted by atomic mass is 10.1. The lowest BCUT2D eigenvalue weighted by Crippen LogP contribution is -2.23. The van der Waals surface area contributed by atoms with Crippen LogP contribution in [0.4, 0.5) is 5.82 Å². The number of aromatic nitrogens is 1. The van der Waals surface area contributed by atoms with Crippen molar-refractivity contribution in [3.8, 4) is 0 Å². The minimum absolute atomic E-state index is 0.0513. The number of nitrogens with two attached hydrogens (primary N) is 1. The van der Waals surface area contributed by atoms with Crippen LogP contribution in [0.5, 0.6) is 0 Å². The fraction of sp³-hybridized carbons (Fsp3) is 0.214. The number of thiocarbonyl (C=S) groups is 1. The molecule has 1 aromatic carbocycles. The molecular weight excluding hydrogens is 272 g/mol. The highest BCUT2D eigenvalue weighted by Gasteiger charge is 2.21. The van der Waals surface area contributed by atoms with E-state index in [1.165, 1.54) is 0 Å². The Balaban J connectivity index is 1.99. The van der Waals surface area contributed by atoms with Crippen LogP contribution in [0.3, 0.4) is 0 Å². The topological polar surface area (TPSA) is 80.0 Å². The Hall–Kier alpha value is -2.21. The van der Waals surface area contributed by atoms with Gasteiger partial charge in [-0.25, -0.2) is 4.98 Å². The van der Waals surface area contributed by atoms with E-state index in [-0.39, 0.29) is 11.9 Å². The minimum Gasteiger partial charge on any atom is -0.389 e. The third kappa shape index (κ3) is 2.42. The zero-order chi connectivity index (χ0) is 14.1. The Bertz CT molecular complexity index is 701. The molecule has 102 valence electrons. The number of fused-ring (bicyclic) bond motifs is 1. The van der Waals surface area contributed by atoms with Gasteiger partial charge in [-0.15, -0.1) is 0 Å². The molecule has 2 heterocycles. The largest absolute Gasteiger partial charge is 0.389 e. The number of para-hydroxylation sites is 1. The molecule has 20 heavy (non-hydrogen) atoms.